The van der Waals surface area contributed by atoms with Gasteiger partial charge in [0, 0.05) is 25.7 Å². The topological polar surface area (TPSA) is 237 Å². The third-order valence-electron chi connectivity index (χ3n) is 18.9. The number of unbranched alkanes of at least 4 members (excludes halogenated alkanes) is 42. The van der Waals surface area contributed by atoms with Crippen LogP contribution < -0.4 is 0 Å². The Balaban J connectivity index is 5.25. The molecule has 3 N–H and O–H groups in total. The number of rotatable bonds is 77. The molecule has 19 heteroatoms. The fourth-order valence-electron chi connectivity index (χ4n) is 12.2. The fraction of sp³-hybridized carbons (Fsp3) is 0.950. The number of ether oxygens (including phenoxy) is 4. The first-order valence-corrected chi connectivity index (χ1v) is 44.2. The largest absolute Gasteiger partial charge is 0.472 e. The summed E-state index contributed by atoms with van der Waals surface area (Å²) in [4.78, 5) is 73.0. The molecule has 0 saturated heterocycles. The van der Waals surface area contributed by atoms with E-state index in [4.69, 9.17) is 37.0 Å². The minimum atomic E-state index is -4.96. The van der Waals surface area contributed by atoms with Gasteiger partial charge in [-0.15, -0.1) is 0 Å². The van der Waals surface area contributed by atoms with Gasteiger partial charge < -0.3 is 33.8 Å². The zero-order chi connectivity index (χ0) is 73.1. The number of carbonyl (C=O) groups excluding carboxylic acids is 4. The summed E-state index contributed by atoms with van der Waals surface area (Å²) < 4.78 is 68.7. The van der Waals surface area contributed by atoms with Crippen LogP contribution in [0.1, 0.15) is 409 Å². The first-order valence-electron chi connectivity index (χ1n) is 41.2. The van der Waals surface area contributed by atoms with Gasteiger partial charge in [0.25, 0.3) is 0 Å². The van der Waals surface area contributed by atoms with Crippen LogP contribution in [0.3, 0.4) is 0 Å². The van der Waals surface area contributed by atoms with E-state index in [1.54, 1.807) is 0 Å². The van der Waals surface area contributed by atoms with Crippen molar-refractivity contribution in [3.63, 3.8) is 0 Å². The Bertz CT molecular complexity index is 1940. The Kier molecular flexibility index (Phi) is 67.8. The normalized spacial score (nSPS) is 14.3. The van der Waals surface area contributed by atoms with Crippen LogP contribution in [0.2, 0.25) is 0 Å². The predicted octanol–water partition coefficient (Wildman–Crippen LogP) is 23.6. The molecule has 0 aromatic carbocycles. The van der Waals surface area contributed by atoms with Gasteiger partial charge in [-0.2, -0.15) is 0 Å². The Morgan fingerprint density at radius 3 is 0.717 bits per heavy atom. The van der Waals surface area contributed by atoms with Crippen LogP contribution in [-0.4, -0.2) is 96.7 Å². The van der Waals surface area contributed by atoms with Crippen LogP contribution in [0.5, 0.6) is 0 Å². The van der Waals surface area contributed by atoms with E-state index in [1.165, 1.54) is 205 Å². The van der Waals surface area contributed by atoms with Gasteiger partial charge >= 0.3 is 39.5 Å². The minimum Gasteiger partial charge on any atom is -0.462 e. The molecule has 6 atom stereocenters. The van der Waals surface area contributed by atoms with E-state index in [0.717, 1.165) is 114 Å². The van der Waals surface area contributed by atoms with Gasteiger partial charge in [-0.05, 0) is 49.4 Å². The number of hydrogen-bond acceptors (Lipinski definition) is 15. The van der Waals surface area contributed by atoms with E-state index in [9.17, 15) is 43.2 Å². The van der Waals surface area contributed by atoms with Gasteiger partial charge in [0.1, 0.15) is 19.3 Å². The molecule has 0 heterocycles. The molecule has 0 bridgehead atoms. The second-order valence-corrected chi connectivity index (χ2v) is 33.4. The molecule has 0 radical (unpaired) electrons. The molecule has 99 heavy (non-hydrogen) atoms. The van der Waals surface area contributed by atoms with E-state index < -0.39 is 97.5 Å². The summed E-state index contributed by atoms with van der Waals surface area (Å²) >= 11 is 0. The number of aliphatic hydroxyl groups excluding tert-OH is 1. The first-order chi connectivity index (χ1) is 47.6. The minimum absolute atomic E-state index is 0.106. The van der Waals surface area contributed by atoms with E-state index in [0.29, 0.717) is 31.6 Å². The monoisotopic (exact) mass is 1450 g/mol. The Labute approximate surface area is 607 Å². The predicted molar refractivity (Wildman–Crippen MR) is 404 cm³/mol. The standard InChI is InChI=1S/C80H156O17P2/c1-9-73(8)59-51-43-35-27-21-14-10-11-15-22-28-36-44-52-60-77(82)90-66-75(96-79(84)62-54-46-37-29-23-16-12-13-19-25-32-40-48-56-70(2)3)68-94-98(86,87)92-64-74(81)65-93-99(88,89)95-69-76(67-91-78(83)61-53-45-39-31-34-42-50-58-72(6)7)97-80(85)63-55-47-38-30-24-18-17-20-26-33-41-49-57-71(4)5/h70-76,81H,9-69H2,1-8H3,(H,86,87)(H,88,89)/t73?,74?,75-,76-/m1/s1. The van der Waals surface area contributed by atoms with Crippen molar-refractivity contribution < 1.29 is 80.2 Å². The molecule has 0 rings (SSSR count). The lowest BCUT2D eigenvalue weighted by molar-refractivity contribution is -0.161. The maximum Gasteiger partial charge on any atom is 0.472 e. The highest BCUT2D eigenvalue weighted by molar-refractivity contribution is 7.47. The van der Waals surface area contributed by atoms with Gasteiger partial charge in [-0.25, -0.2) is 9.13 Å². The highest BCUT2D eigenvalue weighted by Crippen LogP contribution is 2.45. The number of hydrogen-bond donors (Lipinski definition) is 3. The van der Waals surface area contributed by atoms with Crippen molar-refractivity contribution in [3.8, 4) is 0 Å². The van der Waals surface area contributed by atoms with Crippen molar-refractivity contribution in [1.29, 1.82) is 0 Å². The van der Waals surface area contributed by atoms with Crippen molar-refractivity contribution in [2.75, 3.05) is 39.6 Å². The molecule has 0 aliphatic rings. The van der Waals surface area contributed by atoms with E-state index >= 15 is 0 Å². The lowest BCUT2D eigenvalue weighted by Crippen LogP contribution is -2.30. The maximum atomic E-state index is 13.1. The third kappa shape index (κ3) is 72.8. The number of esters is 4. The van der Waals surface area contributed by atoms with Crippen LogP contribution in [0.15, 0.2) is 0 Å². The van der Waals surface area contributed by atoms with Crippen molar-refractivity contribution in [1.82, 2.24) is 0 Å². The van der Waals surface area contributed by atoms with Gasteiger partial charge in [-0.3, -0.25) is 37.3 Å². The number of phosphoric ester groups is 2. The molecule has 0 fully saturated rings. The molecule has 0 aromatic heterocycles. The SMILES string of the molecule is CCC(C)CCCCCCCCCCCCCCCCC(=O)OC[C@H](COP(=O)(O)OCC(O)COP(=O)(O)OC[C@@H](COC(=O)CCCCCCCCCC(C)C)OC(=O)CCCCCCCCCCCCCCC(C)C)OC(=O)CCCCCCCCCCCCCCCC(C)C. The summed E-state index contributed by atoms with van der Waals surface area (Å²) in [7, 11) is -9.92. The molecule has 588 valence electrons. The molecule has 0 aliphatic heterocycles. The summed E-state index contributed by atoms with van der Waals surface area (Å²) in [6.07, 6.45) is 55.5. The average Bonchev–Trinajstić information content (AvgIpc) is 1.13. The van der Waals surface area contributed by atoms with E-state index in [1.807, 2.05) is 0 Å². The molecule has 0 amide bonds. The first kappa shape index (κ1) is 97.1. The Hall–Kier alpha value is -1.94. The zero-order valence-corrected chi connectivity index (χ0v) is 66.9. The molecule has 17 nitrogen and oxygen atoms in total. The smallest absolute Gasteiger partial charge is 0.462 e. The van der Waals surface area contributed by atoms with Gasteiger partial charge in [0.05, 0.1) is 26.4 Å². The van der Waals surface area contributed by atoms with Crippen LogP contribution >= 0.6 is 15.6 Å². The van der Waals surface area contributed by atoms with Crippen LogP contribution in [-0.2, 0) is 65.4 Å². The Morgan fingerprint density at radius 2 is 0.485 bits per heavy atom. The van der Waals surface area contributed by atoms with E-state index in [-0.39, 0.29) is 25.7 Å². The molecular formula is C80H156O17P2. The van der Waals surface area contributed by atoms with Crippen LogP contribution in [0.25, 0.3) is 0 Å². The molecular weight excluding hydrogens is 1290 g/mol. The second kappa shape index (κ2) is 69.1. The summed E-state index contributed by atoms with van der Waals surface area (Å²) in [5.74, 6) is 1.00. The van der Waals surface area contributed by atoms with Gasteiger partial charge in [0.2, 0.25) is 0 Å². The average molecular weight is 1450 g/mol. The fourth-order valence-corrected chi connectivity index (χ4v) is 13.8. The highest BCUT2D eigenvalue weighted by Gasteiger charge is 2.30. The quantitative estimate of drug-likeness (QED) is 0.0222. The summed E-state index contributed by atoms with van der Waals surface area (Å²) in [5.41, 5.74) is 0. The van der Waals surface area contributed by atoms with Crippen molar-refractivity contribution in [2.24, 2.45) is 23.7 Å². The lowest BCUT2D eigenvalue weighted by Gasteiger charge is -2.21. The third-order valence-corrected chi connectivity index (χ3v) is 20.8. The number of phosphoric acid groups is 2. The summed E-state index contributed by atoms with van der Waals surface area (Å²) in [6, 6.07) is 0. The van der Waals surface area contributed by atoms with Crippen molar-refractivity contribution in [2.45, 2.75) is 427 Å². The molecule has 0 saturated carbocycles. The van der Waals surface area contributed by atoms with Gasteiger partial charge in [-0.1, -0.05) is 357 Å². The maximum absolute atomic E-state index is 13.1. The second-order valence-electron chi connectivity index (χ2n) is 30.5. The molecule has 0 spiro atoms. The Morgan fingerprint density at radius 1 is 0.283 bits per heavy atom. The number of aliphatic hydroxyl groups is 1. The summed E-state index contributed by atoms with van der Waals surface area (Å²) in [5, 5.41) is 10.6. The van der Waals surface area contributed by atoms with E-state index in [2.05, 4.69) is 55.4 Å². The highest BCUT2D eigenvalue weighted by atomic mass is 31.2. The molecule has 0 aliphatic carbocycles. The lowest BCUT2D eigenvalue weighted by atomic mass is 9.99. The number of carbonyl (C=O) groups is 4. The van der Waals surface area contributed by atoms with Gasteiger partial charge in [0.15, 0.2) is 12.2 Å². The van der Waals surface area contributed by atoms with Crippen molar-refractivity contribution in [3.05, 3.63) is 0 Å². The van der Waals surface area contributed by atoms with Crippen LogP contribution in [0.4, 0.5) is 0 Å². The van der Waals surface area contributed by atoms with Crippen molar-refractivity contribution >= 4 is 39.5 Å². The van der Waals surface area contributed by atoms with Crippen LogP contribution in [0, 0.1) is 23.7 Å². The summed E-state index contributed by atoms with van der Waals surface area (Å²) in [6.45, 7) is 14.3. The zero-order valence-electron chi connectivity index (χ0n) is 65.1. The molecule has 0 aromatic rings. The molecule has 4 unspecified atom stereocenters.